The maximum Gasteiger partial charge on any atom is 0.159 e. The standard InChI is InChI=1S/C49H35NO/c1-49(2)44-18-10-8-16-40(44)41-27-26-39(31-45(41)49)50(38-24-22-34(23-25-38)32-12-4-3-5-13-32)46-30-37(36-21-20-33-14-6-7-15-35(33)28-36)29-43-42-17-9-11-19-47(42)51-48(43)46/h3-31H,1-2H3. The Morgan fingerprint density at radius 1 is 0.431 bits per heavy atom. The minimum Gasteiger partial charge on any atom is -0.454 e. The second kappa shape index (κ2) is 11.3. The van der Waals surface area contributed by atoms with Crippen molar-refractivity contribution >= 4 is 49.8 Å². The molecule has 0 amide bonds. The van der Waals surface area contributed by atoms with E-state index in [4.69, 9.17) is 4.42 Å². The lowest BCUT2D eigenvalue weighted by Gasteiger charge is -2.28. The minimum absolute atomic E-state index is 0.133. The monoisotopic (exact) mass is 653 g/mol. The Morgan fingerprint density at radius 2 is 1.10 bits per heavy atom. The zero-order valence-electron chi connectivity index (χ0n) is 28.6. The molecule has 8 aromatic carbocycles. The quantitative estimate of drug-likeness (QED) is 0.184. The summed E-state index contributed by atoms with van der Waals surface area (Å²) < 4.78 is 6.80. The predicted molar refractivity (Wildman–Crippen MR) is 214 cm³/mol. The van der Waals surface area contributed by atoms with Crippen molar-refractivity contribution in [2.45, 2.75) is 19.3 Å². The molecule has 0 atom stereocenters. The summed E-state index contributed by atoms with van der Waals surface area (Å²) in [6.45, 7) is 4.69. The molecule has 1 aromatic heterocycles. The van der Waals surface area contributed by atoms with Gasteiger partial charge in [0.2, 0.25) is 0 Å². The summed E-state index contributed by atoms with van der Waals surface area (Å²) in [6, 6.07) is 63.7. The van der Waals surface area contributed by atoms with Crippen molar-refractivity contribution in [1.29, 1.82) is 0 Å². The first-order valence-electron chi connectivity index (χ1n) is 17.7. The Balaban J connectivity index is 1.24. The first kappa shape index (κ1) is 29.5. The fraction of sp³-hybridized carbons (Fsp3) is 0.0612. The van der Waals surface area contributed by atoms with Gasteiger partial charge in [-0.1, -0.05) is 141 Å². The van der Waals surface area contributed by atoms with Gasteiger partial charge in [0.25, 0.3) is 0 Å². The van der Waals surface area contributed by atoms with Crippen LogP contribution < -0.4 is 4.90 Å². The van der Waals surface area contributed by atoms with Crippen LogP contribution in [0, 0.1) is 0 Å². The average molecular weight is 654 g/mol. The van der Waals surface area contributed by atoms with Gasteiger partial charge in [-0.25, -0.2) is 0 Å². The van der Waals surface area contributed by atoms with Crippen molar-refractivity contribution in [3.8, 4) is 33.4 Å². The lowest BCUT2D eigenvalue weighted by atomic mass is 9.82. The van der Waals surface area contributed by atoms with Gasteiger partial charge in [0.05, 0.1) is 5.69 Å². The van der Waals surface area contributed by atoms with Crippen molar-refractivity contribution < 1.29 is 4.42 Å². The third-order valence-electron chi connectivity index (χ3n) is 10.8. The normalized spacial score (nSPS) is 13.1. The Hall–Kier alpha value is -6.38. The largest absolute Gasteiger partial charge is 0.454 e. The van der Waals surface area contributed by atoms with Crippen LogP contribution in [0.4, 0.5) is 17.1 Å². The van der Waals surface area contributed by atoms with E-state index in [0.717, 1.165) is 44.6 Å². The van der Waals surface area contributed by atoms with Crippen LogP contribution >= 0.6 is 0 Å². The van der Waals surface area contributed by atoms with E-state index in [1.807, 2.05) is 0 Å². The second-order valence-electron chi connectivity index (χ2n) is 14.2. The van der Waals surface area contributed by atoms with Gasteiger partial charge >= 0.3 is 0 Å². The lowest BCUT2D eigenvalue weighted by Crippen LogP contribution is -2.16. The predicted octanol–water partition coefficient (Wildman–Crippen LogP) is 13.8. The summed E-state index contributed by atoms with van der Waals surface area (Å²) in [6.07, 6.45) is 0. The Labute approximate surface area is 297 Å². The molecular formula is C49H35NO. The highest BCUT2D eigenvalue weighted by Gasteiger charge is 2.36. The number of anilines is 3. The molecule has 1 aliphatic rings. The first-order chi connectivity index (χ1) is 25.0. The molecule has 1 aliphatic carbocycles. The van der Waals surface area contributed by atoms with Gasteiger partial charge in [0.15, 0.2) is 5.58 Å². The summed E-state index contributed by atoms with van der Waals surface area (Å²) in [4.78, 5) is 2.39. The summed E-state index contributed by atoms with van der Waals surface area (Å²) in [5.74, 6) is 0. The molecule has 1 heterocycles. The number of benzene rings is 8. The minimum atomic E-state index is -0.133. The molecule has 242 valence electrons. The molecule has 0 N–H and O–H groups in total. The second-order valence-corrected chi connectivity index (χ2v) is 14.2. The zero-order chi connectivity index (χ0) is 34.1. The molecule has 0 bridgehead atoms. The zero-order valence-corrected chi connectivity index (χ0v) is 28.6. The molecule has 0 fully saturated rings. The molecule has 0 saturated carbocycles. The lowest BCUT2D eigenvalue weighted by molar-refractivity contribution is 0.660. The number of nitrogens with zero attached hydrogens (tertiary/aromatic N) is 1. The fourth-order valence-electron chi connectivity index (χ4n) is 8.20. The first-order valence-corrected chi connectivity index (χ1v) is 17.7. The van der Waals surface area contributed by atoms with E-state index in [-0.39, 0.29) is 5.41 Å². The van der Waals surface area contributed by atoms with Gasteiger partial charge in [0.1, 0.15) is 5.58 Å². The van der Waals surface area contributed by atoms with Crippen LogP contribution in [0.25, 0.3) is 66.1 Å². The van der Waals surface area contributed by atoms with Crippen molar-refractivity contribution in [2.75, 3.05) is 4.90 Å². The van der Waals surface area contributed by atoms with Gasteiger partial charge in [-0.3, -0.25) is 0 Å². The Bertz CT molecular complexity index is 2770. The summed E-state index contributed by atoms with van der Waals surface area (Å²) in [7, 11) is 0. The molecule has 0 unspecified atom stereocenters. The van der Waals surface area contributed by atoms with Crippen molar-refractivity contribution in [3.63, 3.8) is 0 Å². The van der Waals surface area contributed by atoms with E-state index in [1.165, 1.54) is 49.7 Å². The van der Waals surface area contributed by atoms with Crippen LogP contribution in [0.15, 0.2) is 180 Å². The Kier molecular flexibility index (Phi) is 6.56. The Morgan fingerprint density at radius 3 is 1.96 bits per heavy atom. The topological polar surface area (TPSA) is 16.4 Å². The van der Waals surface area contributed by atoms with E-state index < -0.39 is 0 Å². The summed E-state index contributed by atoms with van der Waals surface area (Å²) in [5.41, 5.74) is 14.8. The highest BCUT2D eigenvalue weighted by molar-refractivity contribution is 6.12. The van der Waals surface area contributed by atoms with Crippen LogP contribution in [0.5, 0.6) is 0 Å². The molecule has 0 radical (unpaired) electrons. The number of fused-ring (bicyclic) bond motifs is 7. The van der Waals surface area contributed by atoms with Crippen LogP contribution in [0.1, 0.15) is 25.0 Å². The van der Waals surface area contributed by atoms with Crippen LogP contribution in [-0.4, -0.2) is 0 Å². The van der Waals surface area contributed by atoms with Gasteiger partial charge in [-0.2, -0.15) is 0 Å². The summed E-state index contributed by atoms with van der Waals surface area (Å²) in [5, 5.41) is 4.67. The maximum absolute atomic E-state index is 6.80. The number of hydrogen-bond acceptors (Lipinski definition) is 2. The van der Waals surface area contributed by atoms with Crippen LogP contribution in [0.2, 0.25) is 0 Å². The van der Waals surface area contributed by atoms with E-state index in [2.05, 4.69) is 195 Å². The molecule has 9 aromatic rings. The number of hydrogen-bond donors (Lipinski definition) is 0. The van der Waals surface area contributed by atoms with Gasteiger partial charge in [-0.05, 0) is 104 Å². The van der Waals surface area contributed by atoms with E-state index in [9.17, 15) is 0 Å². The SMILES string of the molecule is CC1(C)c2ccccc2-c2ccc(N(c3ccc(-c4ccccc4)cc3)c3cc(-c4ccc5ccccc5c4)cc4c3oc3ccccc34)cc21. The van der Waals surface area contributed by atoms with Gasteiger partial charge < -0.3 is 9.32 Å². The third kappa shape index (κ3) is 4.71. The molecule has 2 nitrogen and oxygen atoms in total. The van der Waals surface area contributed by atoms with E-state index >= 15 is 0 Å². The highest BCUT2D eigenvalue weighted by Crippen LogP contribution is 2.52. The smallest absolute Gasteiger partial charge is 0.159 e. The third-order valence-corrected chi connectivity index (χ3v) is 10.8. The van der Waals surface area contributed by atoms with Crippen molar-refractivity contribution in [3.05, 3.63) is 187 Å². The average Bonchev–Trinajstić information content (AvgIpc) is 3.67. The van der Waals surface area contributed by atoms with Gasteiger partial charge in [0, 0.05) is 27.6 Å². The van der Waals surface area contributed by atoms with Crippen LogP contribution in [-0.2, 0) is 5.41 Å². The molecular weight excluding hydrogens is 619 g/mol. The van der Waals surface area contributed by atoms with E-state index in [0.29, 0.717) is 0 Å². The highest BCUT2D eigenvalue weighted by atomic mass is 16.3. The number of para-hydroxylation sites is 1. The molecule has 2 heteroatoms. The van der Waals surface area contributed by atoms with Crippen LogP contribution in [0.3, 0.4) is 0 Å². The fourth-order valence-corrected chi connectivity index (χ4v) is 8.20. The molecule has 10 rings (SSSR count). The molecule has 51 heavy (non-hydrogen) atoms. The molecule has 0 aliphatic heterocycles. The molecule has 0 saturated heterocycles. The number of furan rings is 1. The van der Waals surface area contributed by atoms with Crippen molar-refractivity contribution in [1.82, 2.24) is 0 Å². The summed E-state index contributed by atoms with van der Waals surface area (Å²) >= 11 is 0. The maximum atomic E-state index is 6.80. The van der Waals surface area contributed by atoms with Crippen molar-refractivity contribution in [2.24, 2.45) is 0 Å². The van der Waals surface area contributed by atoms with Gasteiger partial charge in [-0.15, -0.1) is 0 Å². The number of rotatable bonds is 5. The van der Waals surface area contributed by atoms with E-state index in [1.54, 1.807) is 0 Å². The molecule has 0 spiro atoms.